The molecule has 2 amide bonds. The average Bonchev–Trinajstić information content (AvgIpc) is 3.45. The van der Waals surface area contributed by atoms with Gasteiger partial charge in [-0.15, -0.1) is 11.3 Å². The largest absolute Gasteiger partial charge is 0.370 e. The normalized spacial score (nSPS) is 12.0. The lowest BCUT2D eigenvalue weighted by atomic mass is 9.83. The van der Waals surface area contributed by atoms with Crippen LogP contribution in [0.1, 0.15) is 59.6 Å². The summed E-state index contributed by atoms with van der Waals surface area (Å²) in [6, 6.07) is 24.7. The van der Waals surface area contributed by atoms with Crippen LogP contribution in [0.25, 0.3) is 10.2 Å². The summed E-state index contributed by atoms with van der Waals surface area (Å²) in [5.41, 5.74) is 14.5. The number of aliphatic imine (C=N–C) groups is 1. The van der Waals surface area contributed by atoms with Gasteiger partial charge < -0.3 is 21.7 Å². The fraction of sp³-hybridized carbons (Fsp3) is 0.343. The van der Waals surface area contributed by atoms with E-state index in [2.05, 4.69) is 35.2 Å². The third-order valence-electron chi connectivity index (χ3n) is 7.64. The van der Waals surface area contributed by atoms with E-state index < -0.39 is 17.4 Å². The Kier molecular flexibility index (Phi) is 11.4. The van der Waals surface area contributed by atoms with Crippen LogP contribution in [0, 0.1) is 6.92 Å². The molecule has 10 heteroatoms. The fourth-order valence-corrected chi connectivity index (χ4v) is 6.19. The number of thiazole rings is 1. The van der Waals surface area contributed by atoms with Gasteiger partial charge in [0.05, 0.1) is 22.8 Å². The predicted octanol–water partition coefficient (Wildman–Crippen LogP) is 4.77. The number of nitrogens with zero attached hydrogens (tertiary/aromatic N) is 3. The molecule has 1 aromatic heterocycles. The minimum absolute atomic E-state index is 0.0334. The molecule has 0 saturated heterocycles. The molecule has 0 aliphatic carbocycles. The van der Waals surface area contributed by atoms with Gasteiger partial charge in [0, 0.05) is 24.9 Å². The molecule has 1 unspecified atom stereocenters. The zero-order valence-electron chi connectivity index (χ0n) is 26.2. The molecule has 9 nitrogen and oxygen atoms in total. The highest BCUT2D eigenvalue weighted by Crippen LogP contribution is 2.26. The number of guanidine groups is 1. The molecule has 1 atom stereocenters. The highest BCUT2D eigenvalue weighted by atomic mass is 32.1. The summed E-state index contributed by atoms with van der Waals surface area (Å²) in [7, 11) is 0. The SMILES string of the molecule is Cc1cccc(C(C)(C)CN(CC(=O)NC(CCCN=C(N)N)C(=O)c2nc3ccccc3s2)C(=O)CCc2ccccc2)c1. The summed E-state index contributed by atoms with van der Waals surface area (Å²) in [5.74, 6) is -0.855. The molecule has 3 aromatic carbocycles. The molecule has 0 aliphatic rings. The van der Waals surface area contributed by atoms with Crippen LogP contribution in [0.2, 0.25) is 0 Å². The number of fused-ring (bicyclic) bond motifs is 1. The van der Waals surface area contributed by atoms with Crippen molar-refractivity contribution < 1.29 is 14.4 Å². The van der Waals surface area contributed by atoms with Crippen molar-refractivity contribution in [2.75, 3.05) is 19.6 Å². The highest BCUT2D eigenvalue weighted by molar-refractivity contribution is 7.20. The van der Waals surface area contributed by atoms with Crippen LogP contribution >= 0.6 is 11.3 Å². The second-order valence-electron chi connectivity index (χ2n) is 11.9. The molecule has 0 aliphatic heterocycles. The Balaban J connectivity index is 1.53. The summed E-state index contributed by atoms with van der Waals surface area (Å²) in [6.45, 7) is 6.64. The van der Waals surface area contributed by atoms with Crippen molar-refractivity contribution in [3.05, 3.63) is 101 Å². The molecule has 0 radical (unpaired) electrons. The van der Waals surface area contributed by atoms with Crippen molar-refractivity contribution >= 4 is 45.1 Å². The number of carbonyl (C=O) groups is 3. The summed E-state index contributed by atoms with van der Waals surface area (Å²) in [6.07, 6.45) is 1.60. The molecular formula is C35H42N6O3S. The van der Waals surface area contributed by atoms with Gasteiger partial charge in [-0.25, -0.2) is 4.98 Å². The number of rotatable bonds is 15. The van der Waals surface area contributed by atoms with E-state index >= 15 is 0 Å². The molecule has 0 saturated carbocycles. The molecule has 0 bridgehead atoms. The van der Waals surface area contributed by atoms with Crippen LogP contribution in [-0.4, -0.2) is 59.1 Å². The number of benzene rings is 3. The standard InChI is InChI=1S/C35H42N6O3S/c1-24-11-9-14-26(21-24)35(2,3)23-41(31(43)19-18-25-12-5-4-6-13-25)22-30(42)39-28(16-10-20-38-34(36)37)32(44)33-40-27-15-7-8-17-29(27)45-33/h4-9,11-15,17,21,28H,10,16,18-20,22-23H2,1-3H3,(H,39,42)(H4,36,37,38). The van der Waals surface area contributed by atoms with Gasteiger partial charge >= 0.3 is 0 Å². The van der Waals surface area contributed by atoms with E-state index in [4.69, 9.17) is 11.5 Å². The maximum atomic E-state index is 13.7. The zero-order chi connectivity index (χ0) is 32.4. The third kappa shape index (κ3) is 9.71. The molecule has 5 N–H and O–H groups in total. The Hall–Kier alpha value is -4.57. The van der Waals surface area contributed by atoms with Crippen LogP contribution in [0.5, 0.6) is 0 Å². The summed E-state index contributed by atoms with van der Waals surface area (Å²) >= 11 is 1.29. The highest BCUT2D eigenvalue weighted by Gasteiger charge is 2.30. The Bertz CT molecular complexity index is 1610. The number of aromatic nitrogens is 1. The van der Waals surface area contributed by atoms with Crippen LogP contribution in [0.4, 0.5) is 0 Å². The van der Waals surface area contributed by atoms with Gasteiger partial charge in [0.25, 0.3) is 0 Å². The first-order valence-electron chi connectivity index (χ1n) is 15.2. The summed E-state index contributed by atoms with van der Waals surface area (Å²) in [4.78, 5) is 51.1. The van der Waals surface area contributed by atoms with Crippen molar-refractivity contribution in [3.8, 4) is 0 Å². The van der Waals surface area contributed by atoms with Crippen LogP contribution in [0.15, 0.2) is 83.9 Å². The van der Waals surface area contributed by atoms with E-state index in [0.717, 1.165) is 26.9 Å². The predicted molar refractivity (Wildman–Crippen MR) is 181 cm³/mol. The fourth-order valence-electron chi connectivity index (χ4n) is 5.23. The topological polar surface area (TPSA) is 144 Å². The maximum absolute atomic E-state index is 13.7. The number of nitrogens with two attached hydrogens (primary N) is 2. The lowest BCUT2D eigenvalue weighted by Gasteiger charge is -2.33. The molecule has 4 aromatic rings. The van der Waals surface area contributed by atoms with Gasteiger partial charge in [0.15, 0.2) is 11.0 Å². The van der Waals surface area contributed by atoms with Crippen LogP contribution < -0.4 is 16.8 Å². The van der Waals surface area contributed by atoms with Gasteiger partial charge in [0.1, 0.15) is 0 Å². The second-order valence-corrected chi connectivity index (χ2v) is 12.9. The number of hydrogen-bond acceptors (Lipinski definition) is 6. The monoisotopic (exact) mass is 626 g/mol. The Morgan fingerprint density at radius 1 is 1.00 bits per heavy atom. The summed E-state index contributed by atoms with van der Waals surface area (Å²) < 4.78 is 0.889. The van der Waals surface area contributed by atoms with E-state index in [9.17, 15) is 14.4 Å². The number of amides is 2. The van der Waals surface area contributed by atoms with Gasteiger partial charge in [-0.1, -0.05) is 86.1 Å². The smallest absolute Gasteiger partial charge is 0.240 e. The van der Waals surface area contributed by atoms with Crippen LogP contribution in [0.3, 0.4) is 0 Å². The third-order valence-corrected chi connectivity index (χ3v) is 8.70. The summed E-state index contributed by atoms with van der Waals surface area (Å²) in [5, 5.41) is 3.23. The van der Waals surface area contributed by atoms with E-state index in [0.29, 0.717) is 37.4 Å². The van der Waals surface area contributed by atoms with E-state index in [1.807, 2.05) is 79.7 Å². The van der Waals surface area contributed by atoms with Crippen molar-refractivity contribution in [3.63, 3.8) is 0 Å². The van der Waals surface area contributed by atoms with Crippen molar-refractivity contribution in [1.29, 1.82) is 0 Å². The number of Topliss-reactive ketones (excluding diaryl/α,β-unsaturated/α-hetero) is 1. The molecule has 1 heterocycles. The minimum Gasteiger partial charge on any atom is -0.370 e. The molecular weight excluding hydrogens is 584 g/mol. The lowest BCUT2D eigenvalue weighted by molar-refractivity contribution is -0.137. The van der Waals surface area contributed by atoms with Gasteiger partial charge in [-0.3, -0.25) is 19.4 Å². The average molecular weight is 627 g/mol. The van der Waals surface area contributed by atoms with Gasteiger partial charge in [0.2, 0.25) is 17.6 Å². The van der Waals surface area contributed by atoms with Crippen molar-refractivity contribution in [1.82, 2.24) is 15.2 Å². The lowest BCUT2D eigenvalue weighted by Crippen LogP contribution is -2.49. The van der Waals surface area contributed by atoms with Gasteiger partial charge in [-0.05, 0) is 49.4 Å². The minimum atomic E-state index is -0.849. The Morgan fingerprint density at radius 2 is 1.73 bits per heavy atom. The van der Waals surface area contributed by atoms with E-state index in [-0.39, 0.29) is 30.6 Å². The van der Waals surface area contributed by atoms with Gasteiger partial charge in [-0.2, -0.15) is 0 Å². The first-order valence-corrected chi connectivity index (χ1v) is 16.0. The number of nitrogens with one attached hydrogen (secondary N) is 1. The maximum Gasteiger partial charge on any atom is 0.240 e. The number of carbonyl (C=O) groups excluding carboxylic acids is 3. The zero-order valence-corrected chi connectivity index (χ0v) is 27.0. The number of aryl methyl sites for hydroxylation is 2. The van der Waals surface area contributed by atoms with Crippen molar-refractivity contribution in [2.45, 2.75) is 57.9 Å². The van der Waals surface area contributed by atoms with E-state index in [1.165, 1.54) is 11.3 Å². The number of para-hydroxylation sites is 1. The first-order chi connectivity index (χ1) is 21.5. The van der Waals surface area contributed by atoms with E-state index in [1.54, 1.807) is 4.90 Å². The Labute approximate surface area is 268 Å². The molecule has 236 valence electrons. The second kappa shape index (κ2) is 15.4. The first kappa shape index (κ1) is 33.3. The molecule has 4 rings (SSSR count). The molecule has 0 spiro atoms. The van der Waals surface area contributed by atoms with Crippen molar-refractivity contribution in [2.24, 2.45) is 16.5 Å². The molecule has 0 fully saturated rings. The quantitative estimate of drug-likeness (QED) is 0.0751. The Morgan fingerprint density at radius 3 is 2.44 bits per heavy atom. The van der Waals surface area contributed by atoms with Crippen LogP contribution in [-0.2, 0) is 21.4 Å². The number of hydrogen-bond donors (Lipinski definition) is 3. The number of ketones is 1. The molecule has 45 heavy (non-hydrogen) atoms.